The van der Waals surface area contributed by atoms with Crippen LogP contribution in [0.5, 0.6) is 0 Å². The van der Waals surface area contributed by atoms with Crippen LogP contribution in [0.15, 0.2) is 17.0 Å². The number of hydrogen-bond acceptors (Lipinski definition) is 4. The standard InChI is InChI=1S/C15H19F2NO3S/c1-5-21-15(20)14(8(2)3)22-13-7-12(18-9(4)19)10(16)6-11(13)17/h6-8,14H,5H2,1-4H3,(H,18,19). The first kappa shape index (κ1) is 18.4. The lowest BCUT2D eigenvalue weighted by Gasteiger charge is -2.19. The van der Waals surface area contributed by atoms with Crippen molar-refractivity contribution in [3.63, 3.8) is 0 Å². The van der Waals surface area contributed by atoms with Gasteiger partial charge in [0.1, 0.15) is 16.9 Å². The summed E-state index contributed by atoms with van der Waals surface area (Å²) in [6.07, 6.45) is 0. The summed E-state index contributed by atoms with van der Waals surface area (Å²) >= 11 is 0.954. The average molecular weight is 331 g/mol. The molecule has 0 aliphatic carbocycles. The van der Waals surface area contributed by atoms with Crippen molar-refractivity contribution in [1.82, 2.24) is 0 Å². The lowest BCUT2D eigenvalue weighted by Crippen LogP contribution is -2.25. The van der Waals surface area contributed by atoms with Gasteiger partial charge in [-0.3, -0.25) is 9.59 Å². The fraction of sp³-hybridized carbons (Fsp3) is 0.467. The van der Waals surface area contributed by atoms with E-state index in [9.17, 15) is 18.4 Å². The molecule has 0 aliphatic rings. The van der Waals surface area contributed by atoms with Crippen LogP contribution in [0, 0.1) is 17.6 Å². The van der Waals surface area contributed by atoms with Crippen molar-refractivity contribution >= 4 is 29.3 Å². The molecule has 0 radical (unpaired) electrons. The Morgan fingerprint density at radius 3 is 2.41 bits per heavy atom. The maximum Gasteiger partial charge on any atom is 0.319 e. The normalized spacial score (nSPS) is 12.1. The summed E-state index contributed by atoms with van der Waals surface area (Å²) in [5.41, 5.74) is -0.122. The van der Waals surface area contributed by atoms with Crippen LogP contribution in [0.4, 0.5) is 14.5 Å². The lowest BCUT2D eigenvalue weighted by molar-refractivity contribution is -0.143. The molecule has 0 heterocycles. The minimum absolute atomic E-state index is 0.0805. The van der Waals surface area contributed by atoms with Crippen molar-refractivity contribution in [2.75, 3.05) is 11.9 Å². The molecule has 122 valence electrons. The van der Waals surface area contributed by atoms with E-state index in [1.165, 1.54) is 13.0 Å². The van der Waals surface area contributed by atoms with E-state index in [-0.39, 0.29) is 23.1 Å². The second-order valence-corrected chi connectivity index (χ2v) is 6.16. The van der Waals surface area contributed by atoms with Crippen molar-refractivity contribution < 1.29 is 23.1 Å². The molecule has 1 N–H and O–H groups in total. The second kappa shape index (κ2) is 8.12. The summed E-state index contributed by atoms with van der Waals surface area (Å²) in [5.74, 6) is -2.67. The summed E-state index contributed by atoms with van der Waals surface area (Å²) in [4.78, 5) is 23.0. The number of benzene rings is 1. The van der Waals surface area contributed by atoms with E-state index in [4.69, 9.17) is 4.74 Å². The van der Waals surface area contributed by atoms with Crippen LogP contribution in [0.3, 0.4) is 0 Å². The van der Waals surface area contributed by atoms with Gasteiger partial charge in [0.15, 0.2) is 0 Å². The van der Waals surface area contributed by atoms with Gasteiger partial charge < -0.3 is 10.1 Å². The highest BCUT2D eigenvalue weighted by atomic mass is 32.2. The van der Waals surface area contributed by atoms with Gasteiger partial charge in [0, 0.05) is 17.9 Å². The fourth-order valence-corrected chi connectivity index (χ4v) is 2.79. The number of nitrogens with one attached hydrogen (secondary N) is 1. The summed E-state index contributed by atoms with van der Waals surface area (Å²) < 4.78 is 32.5. The summed E-state index contributed by atoms with van der Waals surface area (Å²) in [5, 5.41) is 1.67. The zero-order valence-corrected chi connectivity index (χ0v) is 13.7. The Morgan fingerprint density at radius 1 is 1.27 bits per heavy atom. The molecule has 0 saturated carbocycles. The van der Waals surface area contributed by atoms with Gasteiger partial charge in [-0.05, 0) is 18.9 Å². The van der Waals surface area contributed by atoms with E-state index < -0.39 is 28.8 Å². The third kappa shape index (κ3) is 4.98. The SMILES string of the molecule is CCOC(=O)C(Sc1cc(NC(C)=O)c(F)cc1F)C(C)C. The van der Waals surface area contributed by atoms with Crippen LogP contribution in [0.2, 0.25) is 0 Å². The topological polar surface area (TPSA) is 55.4 Å². The number of carbonyl (C=O) groups excluding carboxylic acids is 2. The Hall–Kier alpha value is -1.63. The highest BCUT2D eigenvalue weighted by Crippen LogP contribution is 2.34. The Kier molecular flexibility index (Phi) is 6.80. The number of thioether (sulfide) groups is 1. The molecular weight excluding hydrogens is 312 g/mol. The average Bonchev–Trinajstić information content (AvgIpc) is 2.39. The Balaban J connectivity index is 3.08. The van der Waals surface area contributed by atoms with Gasteiger partial charge >= 0.3 is 5.97 Å². The number of ether oxygens (including phenoxy) is 1. The Bertz CT molecular complexity index is 564. The van der Waals surface area contributed by atoms with Crippen molar-refractivity contribution in [3.05, 3.63) is 23.8 Å². The van der Waals surface area contributed by atoms with Crippen LogP contribution >= 0.6 is 11.8 Å². The van der Waals surface area contributed by atoms with Crippen molar-refractivity contribution in [2.45, 2.75) is 37.8 Å². The first-order chi connectivity index (χ1) is 10.3. The van der Waals surface area contributed by atoms with Crippen molar-refractivity contribution in [3.8, 4) is 0 Å². The molecule has 0 spiro atoms. The number of anilines is 1. The third-order valence-electron chi connectivity index (χ3n) is 2.71. The second-order valence-electron chi connectivity index (χ2n) is 4.98. The third-order valence-corrected chi connectivity index (χ3v) is 4.27. The van der Waals surface area contributed by atoms with E-state index in [1.54, 1.807) is 6.92 Å². The van der Waals surface area contributed by atoms with E-state index in [0.717, 1.165) is 11.8 Å². The maximum atomic E-state index is 13.9. The van der Waals surface area contributed by atoms with Crippen LogP contribution in [-0.4, -0.2) is 23.7 Å². The minimum Gasteiger partial charge on any atom is -0.465 e. The number of rotatable bonds is 6. The van der Waals surface area contributed by atoms with Gasteiger partial charge in [-0.25, -0.2) is 8.78 Å². The van der Waals surface area contributed by atoms with Crippen molar-refractivity contribution in [1.29, 1.82) is 0 Å². The number of carbonyl (C=O) groups is 2. The molecular formula is C15H19F2NO3S. The lowest BCUT2D eigenvalue weighted by atomic mass is 10.1. The predicted molar refractivity (Wildman–Crippen MR) is 81.8 cm³/mol. The number of amides is 1. The number of esters is 1. The smallest absolute Gasteiger partial charge is 0.319 e. The van der Waals surface area contributed by atoms with Crippen LogP contribution in [0.1, 0.15) is 27.7 Å². The van der Waals surface area contributed by atoms with Gasteiger partial charge in [-0.15, -0.1) is 11.8 Å². The summed E-state index contributed by atoms with van der Waals surface area (Å²) in [6, 6.07) is 1.88. The zero-order valence-electron chi connectivity index (χ0n) is 12.9. The molecule has 4 nitrogen and oxygen atoms in total. The van der Waals surface area contributed by atoms with E-state index in [0.29, 0.717) is 6.07 Å². The quantitative estimate of drug-likeness (QED) is 0.639. The summed E-state index contributed by atoms with van der Waals surface area (Å²) in [7, 11) is 0. The number of hydrogen-bond donors (Lipinski definition) is 1. The maximum absolute atomic E-state index is 13.9. The zero-order chi connectivity index (χ0) is 16.9. The fourth-order valence-electron chi connectivity index (χ4n) is 1.72. The first-order valence-electron chi connectivity index (χ1n) is 6.86. The highest BCUT2D eigenvalue weighted by Gasteiger charge is 2.26. The molecule has 0 aromatic heterocycles. The van der Waals surface area contributed by atoms with Crippen LogP contribution < -0.4 is 5.32 Å². The monoisotopic (exact) mass is 331 g/mol. The molecule has 1 rings (SSSR count). The van der Waals surface area contributed by atoms with Crippen LogP contribution in [0.25, 0.3) is 0 Å². The highest BCUT2D eigenvalue weighted by molar-refractivity contribution is 8.00. The molecule has 22 heavy (non-hydrogen) atoms. The first-order valence-corrected chi connectivity index (χ1v) is 7.74. The van der Waals surface area contributed by atoms with Gasteiger partial charge in [-0.1, -0.05) is 13.8 Å². The molecule has 0 saturated heterocycles. The van der Waals surface area contributed by atoms with E-state index >= 15 is 0 Å². The molecule has 0 fully saturated rings. The molecule has 0 aliphatic heterocycles. The van der Waals surface area contributed by atoms with Crippen LogP contribution in [-0.2, 0) is 14.3 Å². The van der Waals surface area contributed by atoms with Gasteiger partial charge in [-0.2, -0.15) is 0 Å². The van der Waals surface area contributed by atoms with E-state index in [2.05, 4.69) is 5.32 Å². The largest absolute Gasteiger partial charge is 0.465 e. The predicted octanol–water partition coefficient (Wildman–Crippen LogP) is 3.60. The molecule has 1 unspecified atom stereocenters. The summed E-state index contributed by atoms with van der Waals surface area (Å²) in [6.45, 7) is 6.76. The molecule has 1 atom stereocenters. The van der Waals surface area contributed by atoms with Crippen molar-refractivity contribution in [2.24, 2.45) is 5.92 Å². The van der Waals surface area contributed by atoms with Gasteiger partial charge in [0.2, 0.25) is 5.91 Å². The molecule has 1 amide bonds. The Labute approximate surface area is 132 Å². The van der Waals surface area contributed by atoms with E-state index in [1.807, 2.05) is 13.8 Å². The number of halogens is 2. The van der Waals surface area contributed by atoms with Gasteiger partial charge in [0.25, 0.3) is 0 Å². The van der Waals surface area contributed by atoms with Gasteiger partial charge in [0.05, 0.1) is 12.3 Å². The molecule has 1 aromatic rings. The molecule has 1 aromatic carbocycles. The Morgan fingerprint density at radius 2 is 1.91 bits per heavy atom. The minimum atomic E-state index is -0.866. The molecule has 0 bridgehead atoms. The molecule has 7 heteroatoms.